The summed E-state index contributed by atoms with van der Waals surface area (Å²) < 4.78 is 10.3. The number of nitrogens with two attached hydrogens (primary N) is 1. The van der Waals surface area contributed by atoms with Gasteiger partial charge in [-0.25, -0.2) is 4.79 Å². The van der Waals surface area contributed by atoms with Crippen LogP contribution in [-0.4, -0.2) is 59.5 Å². The number of hydrogen-bond donors (Lipinski definition) is 2. The van der Waals surface area contributed by atoms with Crippen LogP contribution in [0.5, 0.6) is 0 Å². The van der Waals surface area contributed by atoms with Gasteiger partial charge in [0.1, 0.15) is 5.60 Å². The molecule has 0 aromatic heterocycles. The van der Waals surface area contributed by atoms with E-state index in [0.29, 0.717) is 25.9 Å². The number of aliphatic hydroxyl groups excluding tert-OH is 1. The number of likely N-dealkylation sites (tertiary alicyclic amines) is 1. The summed E-state index contributed by atoms with van der Waals surface area (Å²) >= 11 is 5.48. The molecule has 0 bridgehead atoms. The van der Waals surface area contributed by atoms with Gasteiger partial charge in [0, 0.05) is 19.6 Å². The van der Waals surface area contributed by atoms with Crippen LogP contribution in [0, 0.1) is 5.41 Å². The summed E-state index contributed by atoms with van der Waals surface area (Å²) in [6.07, 6.45) is -0.262. The second-order valence-electron chi connectivity index (χ2n) is 6.88. The number of nitrogens with zero attached hydrogens (tertiary/aromatic N) is 1. The zero-order chi connectivity index (χ0) is 17.7. The van der Waals surface area contributed by atoms with Gasteiger partial charge in [0.15, 0.2) is 6.07 Å². The van der Waals surface area contributed by atoms with Crippen LogP contribution in [-0.2, 0) is 14.3 Å². The fourth-order valence-electron chi connectivity index (χ4n) is 2.67. The van der Waals surface area contributed by atoms with Crippen LogP contribution in [0.2, 0.25) is 0 Å². The Labute approximate surface area is 142 Å². The molecule has 1 unspecified atom stereocenters. The molecule has 1 amide bonds. The number of piperidine rings is 1. The fourth-order valence-corrected chi connectivity index (χ4v) is 2.77. The van der Waals surface area contributed by atoms with Crippen molar-refractivity contribution in [3.63, 3.8) is 0 Å². The third kappa shape index (κ3) is 5.82. The first-order valence-corrected chi connectivity index (χ1v) is 8.26. The number of halogens is 1. The Morgan fingerprint density at radius 3 is 2.35 bits per heavy atom. The van der Waals surface area contributed by atoms with Gasteiger partial charge in [-0.3, -0.25) is 4.79 Å². The lowest BCUT2D eigenvalue weighted by molar-refractivity contribution is -0.159. The van der Waals surface area contributed by atoms with Gasteiger partial charge in [0.2, 0.25) is 0 Å². The summed E-state index contributed by atoms with van der Waals surface area (Å²) in [5.74, 6) is -0.455. The standard InChI is InChI=1S/C15H27ClN2O5/c1-14(2,3)23-13(21)18-6-4-15(5-7-18,8-11(19)9-17)12(20)22-10-16/h11,19H,4-10,17H2,1-3H3. The molecule has 7 nitrogen and oxygen atoms in total. The number of ether oxygens (including phenoxy) is 2. The lowest BCUT2D eigenvalue weighted by atomic mass is 9.74. The van der Waals surface area contributed by atoms with E-state index in [-0.39, 0.29) is 19.0 Å². The van der Waals surface area contributed by atoms with E-state index >= 15 is 0 Å². The number of aliphatic hydroxyl groups is 1. The van der Waals surface area contributed by atoms with Crippen LogP contribution in [0.3, 0.4) is 0 Å². The second kappa shape index (κ2) is 8.17. The van der Waals surface area contributed by atoms with Crippen LogP contribution < -0.4 is 5.73 Å². The highest BCUT2D eigenvalue weighted by Crippen LogP contribution is 2.38. The van der Waals surface area contributed by atoms with Crippen molar-refractivity contribution in [2.45, 2.75) is 51.7 Å². The molecule has 0 aromatic rings. The first kappa shape index (κ1) is 20.0. The Bertz CT molecular complexity index is 417. The van der Waals surface area contributed by atoms with Gasteiger partial charge in [-0.15, -0.1) is 0 Å². The predicted molar refractivity (Wildman–Crippen MR) is 86.0 cm³/mol. The monoisotopic (exact) mass is 350 g/mol. The molecule has 0 radical (unpaired) electrons. The molecule has 1 aliphatic rings. The van der Waals surface area contributed by atoms with E-state index in [1.54, 1.807) is 25.7 Å². The fraction of sp³-hybridized carbons (Fsp3) is 0.867. The van der Waals surface area contributed by atoms with Crippen molar-refractivity contribution in [3.05, 3.63) is 0 Å². The van der Waals surface area contributed by atoms with E-state index in [2.05, 4.69) is 0 Å². The highest BCUT2D eigenvalue weighted by molar-refractivity contribution is 6.17. The first-order valence-electron chi connectivity index (χ1n) is 7.73. The van der Waals surface area contributed by atoms with E-state index in [1.807, 2.05) is 0 Å². The van der Waals surface area contributed by atoms with E-state index < -0.39 is 29.2 Å². The number of carbonyl (C=O) groups excluding carboxylic acids is 2. The van der Waals surface area contributed by atoms with E-state index in [4.69, 9.17) is 26.8 Å². The smallest absolute Gasteiger partial charge is 0.410 e. The molecule has 1 saturated heterocycles. The molecule has 0 spiro atoms. The minimum Gasteiger partial charge on any atom is -0.449 e. The average molecular weight is 351 g/mol. The van der Waals surface area contributed by atoms with Crippen LogP contribution in [0.15, 0.2) is 0 Å². The normalized spacial score (nSPS) is 19.1. The van der Waals surface area contributed by atoms with Gasteiger partial charge in [0.05, 0.1) is 11.5 Å². The summed E-state index contributed by atoms with van der Waals surface area (Å²) in [5.41, 5.74) is 4.02. The maximum absolute atomic E-state index is 12.3. The van der Waals surface area contributed by atoms with E-state index in [1.165, 1.54) is 0 Å². The number of hydrogen-bond acceptors (Lipinski definition) is 6. The third-order valence-electron chi connectivity index (χ3n) is 3.89. The summed E-state index contributed by atoms with van der Waals surface area (Å²) in [6.45, 7) is 6.16. The Hall–Kier alpha value is -1.05. The Morgan fingerprint density at radius 2 is 1.91 bits per heavy atom. The summed E-state index contributed by atoms with van der Waals surface area (Å²) in [4.78, 5) is 25.9. The number of amides is 1. The molecule has 1 fully saturated rings. The number of carbonyl (C=O) groups is 2. The van der Waals surface area contributed by atoms with Gasteiger partial charge in [-0.1, -0.05) is 11.6 Å². The Morgan fingerprint density at radius 1 is 1.35 bits per heavy atom. The molecule has 1 aliphatic heterocycles. The van der Waals surface area contributed by atoms with E-state index in [9.17, 15) is 14.7 Å². The summed E-state index contributed by atoms with van der Waals surface area (Å²) in [7, 11) is 0. The number of alkyl halides is 1. The molecule has 8 heteroatoms. The molecule has 1 rings (SSSR count). The second-order valence-corrected chi connectivity index (χ2v) is 7.10. The van der Waals surface area contributed by atoms with E-state index in [0.717, 1.165) is 0 Å². The highest BCUT2D eigenvalue weighted by atomic mass is 35.5. The van der Waals surface area contributed by atoms with Gasteiger partial charge in [-0.2, -0.15) is 0 Å². The van der Waals surface area contributed by atoms with Crippen molar-refractivity contribution in [3.8, 4) is 0 Å². The summed E-state index contributed by atoms with van der Waals surface area (Å²) in [5, 5.41) is 9.85. The van der Waals surface area contributed by atoms with Gasteiger partial charge in [-0.05, 0) is 40.0 Å². The molecule has 0 saturated carbocycles. The van der Waals surface area contributed by atoms with Crippen LogP contribution >= 0.6 is 11.6 Å². The first-order chi connectivity index (χ1) is 10.6. The van der Waals surface area contributed by atoms with Crippen molar-refractivity contribution in [1.82, 2.24) is 4.90 Å². The van der Waals surface area contributed by atoms with Crippen molar-refractivity contribution in [2.24, 2.45) is 11.1 Å². The SMILES string of the molecule is CC(C)(C)OC(=O)N1CCC(CC(O)CN)(C(=O)OCCl)CC1. The topological polar surface area (TPSA) is 102 Å². The molecular formula is C15H27ClN2O5. The maximum Gasteiger partial charge on any atom is 0.410 e. The molecule has 3 N–H and O–H groups in total. The third-order valence-corrected chi connectivity index (χ3v) is 4.00. The molecule has 1 heterocycles. The van der Waals surface area contributed by atoms with Crippen molar-refractivity contribution in [1.29, 1.82) is 0 Å². The van der Waals surface area contributed by atoms with Crippen molar-refractivity contribution < 1.29 is 24.2 Å². The maximum atomic E-state index is 12.3. The largest absolute Gasteiger partial charge is 0.449 e. The molecule has 1 atom stereocenters. The van der Waals surface area contributed by atoms with Gasteiger partial charge < -0.3 is 25.2 Å². The minimum absolute atomic E-state index is 0.0612. The van der Waals surface area contributed by atoms with Crippen LogP contribution in [0.4, 0.5) is 4.79 Å². The quantitative estimate of drug-likeness (QED) is 0.574. The number of esters is 1. The molecule has 134 valence electrons. The van der Waals surface area contributed by atoms with Crippen molar-refractivity contribution >= 4 is 23.7 Å². The highest BCUT2D eigenvalue weighted by Gasteiger charge is 2.45. The van der Waals surface area contributed by atoms with Gasteiger partial charge in [0.25, 0.3) is 0 Å². The molecule has 23 heavy (non-hydrogen) atoms. The predicted octanol–water partition coefficient (Wildman–Crippen LogP) is 1.45. The zero-order valence-corrected chi connectivity index (χ0v) is 14.8. The number of rotatable bonds is 5. The summed E-state index contributed by atoms with van der Waals surface area (Å²) in [6, 6.07) is -0.241. The molecular weight excluding hydrogens is 324 g/mol. The molecule has 0 aliphatic carbocycles. The zero-order valence-electron chi connectivity index (χ0n) is 14.0. The Balaban J connectivity index is 2.75. The van der Waals surface area contributed by atoms with Crippen molar-refractivity contribution in [2.75, 3.05) is 25.7 Å². The lowest BCUT2D eigenvalue weighted by Gasteiger charge is -2.40. The minimum atomic E-state index is -0.869. The van der Waals surface area contributed by atoms with Crippen LogP contribution in [0.1, 0.15) is 40.0 Å². The average Bonchev–Trinajstić information content (AvgIpc) is 2.46. The Kier molecular flexibility index (Phi) is 7.10. The lowest BCUT2D eigenvalue weighted by Crippen LogP contribution is -2.50. The van der Waals surface area contributed by atoms with Crippen LogP contribution in [0.25, 0.3) is 0 Å². The molecule has 0 aromatic carbocycles. The van der Waals surface area contributed by atoms with Gasteiger partial charge >= 0.3 is 12.1 Å².